The lowest BCUT2D eigenvalue weighted by atomic mass is 9.88. The van der Waals surface area contributed by atoms with Gasteiger partial charge in [0.15, 0.2) is 0 Å². The number of benzene rings is 1. The van der Waals surface area contributed by atoms with Gasteiger partial charge in [0.05, 0.1) is 0 Å². The van der Waals surface area contributed by atoms with Crippen LogP contribution >= 0.6 is 0 Å². The van der Waals surface area contributed by atoms with Crippen LogP contribution in [-0.4, -0.2) is 30.6 Å². The minimum Gasteiger partial charge on any atom is -0.326 e. The number of hydrogen-bond acceptors (Lipinski definition) is 2. The first kappa shape index (κ1) is 14.1. The van der Waals surface area contributed by atoms with Gasteiger partial charge in [-0.25, -0.2) is 8.78 Å². The fourth-order valence-corrected chi connectivity index (χ4v) is 1.53. The number of likely N-dealkylation sites (N-methyl/N-ethyl adjacent to an activating group) is 1. The van der Waals surface area contributed by atoms with Crippen molar-refractivity contribution in [3.63, 3.8) is 0 Å². The molecule has 0 radical (unpaired) electrons. The summed E-state index contributed by atoms with van der Waals surface area (Å²) in [6.45, 7) is 3.91. The predicted octanol–water partition coefficient (Wildman–Crippen LogP) is 2.17. The number of halogens is 2. The van der Waals surface area contributed by atoms with Gasteiger partial charge in [-0.2, -0.15) is 0 Å². The SMILES string of the molecule is CN(C)C(C)(C)C(N)Cc1c(F)cccc1F. The molecule has 0 aliphatic heterocycles. The van der Waals surface area contributed by atoms with E-state index in [1.807, 2.05) is 32.8 Å². The molecule has 96 valence electrons. The third kappa shape index (κ3) is 3.01. The topological polar surface area (TPSA) is 29.3 Å². The van der Waals surface area contributed by atoms with Crippen LogP contribution in [0.5, 0.6) is 0 Å². The fraction of sp³-hybridized carbons (Fsp3) is 0.538. The van der Waals surface area contributed by atoms with Crippen LogP contribution in [0.25, 0.3) is 0 Å². The highest BCUT2D eigenvalue weighted by Gasteiger charge is 2.30. The van der Waals surface area contributed by atoms with E-state index in [9.17, 15) is 8.78 Å². The normalized spacial score (nSPS) is 14.1. The Balaban J connectivity index is 2.92. The van der Waals surface area contributed by atoms with E-state index in [2.05, 4.69) is 0 Å². The van der Waals surface area contributed by atoms with Crippen molar-refractivity contribution in [3.05, 3.63) is 35.4 Å². The molecule has 0 fully saturated rings. The molecule has 17 heavy (non-hydrogen) atoms. The molecule has 0 aliphatic rings. The second-order valence-electron chi connectivity index (χ2n) is 5.06. The average molecular weight is 242 g/mol. The molecule has 0 amide bonds. The smallest absolute Gasteiger partial charge is 0.129 e. The van der Waals surface area contributed by atoms with E-state index in [0.717, 1.165) is 0 Å². The van der Waals surface area contributed by atoms with Crippen LogP contribution in [-0.2, 0) is 6.42 Å². The maximum absolute atomic E-state index is 13.5. The zero-order chi connectivity index (χ0) is 13.2. The van der Waals surface area contributed by atoms with E-state index >= 15 is 0 Å². The van der Waals surface area contributed by atoms with Crippen LogP contribution in [0.2, 0.25) is 0 Å². The van der Waals surface area contributed by atoms with Crippen molar-refractivity contribution in [2.45, 2.75) is 31.8 Å². The largest absolute Gasteiger partial charge is 0.326 e. The van der Waals surface area contributed by atoms with Gasteiger partial charge in [-0.3, -0.25) is 0 Å². The molecule has 1 atom stereocenters. The number of hydrogen-bond donors (Lipinski definition) is 1. The minimum atomic E-state index is -0.532. The molecule has 0 aliphatic carbocycles. The van der Waals surface area contributed by atoms with Crippen molar-refractivity contribution in [1.29, 1.82) is 0 Å². The van der Waals surface area contributed by atoms with E-state index in [1.165, 1.54) is 18.2 Å². The zero-order valence-electron chi connectivity index (χ0n) is 10.8. The summed E-state index contributed by atoms with van der Waals surface area (Å²) in [6, 6.07) is 3.53. The molecule has 1 unspecified atom stereocenters. The van der Waals surface area contributed by atoms with Crippen LogP contribution in [0.1, 0.15) is 19.4 Å². The van der Waals surface area contributed by atoms with Gasteiger partial charge < -0.3 is 10.6 Å². The van der Waals surface area contributed by atoms with Gasteiger partial charge in [0.25, 0.3) is 0 Å². The monoisotopic (exact) mass is 242 g/mol. The molecular weight excluding hydrogens is 222 g/mol. The second-order valence-corrected chi connectivity index (χ2v) is 5.06. The lowest BCUT2D eigenvalue weighted by molar-refractivity contribution is 0.157. The molecule has 2 N–H and O–H groups in total. The van der Waals surface area contributed by atoms with E-state index in [0.29, 0.717) is 0 Å². The summed E-state index contributed by atoms with van der Waals surface area (Å²) in [4.78, 5) is 1.95. The lowest BCUT2D eigenvalue weighted by Gasteiger charge is -2.38. The van der Waals surface area contributed by atoms with Crippen molar-refractivity contribution in [1.82, 2.24) is 4.90 Å². The molecule has 0 heterocycles. The van der Waals surface area contributed by atoms with Gasteiger partial charge in [0, 0.05) is 17.1 Å². The Bertz CT molecular complexity index is 369. The van der Waals surface area contributed by atoms with Crippen molar-refractivity contribution in [2.24, 2.45) is 5.73 Å². The first-order valence-electron chi connectivity index (χ1n) is 5.62. The van der Waals surface area contributed by atoms with Gasteiger partial charge in [-0.1, -0.05) is 6.07 Å². The van der Waals surface area contributed by atoms with E-state index < -0.39 is 11.6 Å². The summed E-state index contributed by atoms with van der Waals surface area (Å²) in [5.41, 5.74) is 5.79. The molecule has 1 rings (SSSR count). The van der Waals surface area contributed by atoms with Crippen LogP contribution < -0.4 is 5.73 Å². The van der Waals surface area contributed by atoms with Crippen LogP contribution in [0.4, 0.5) is 8.78 Å². The van der Waals surface area contributed by atoms with Crippen molar-refractivity contribution >= 4 is 0 Å². The summed E-state index contributed by atoms with van der Waals surface area (Å²) in [6.07, 6.45) is 0.184. The molecular formula is C13H20F2N2. The molecule has 2 nitrogen and oxygen atoms in total. The van der Waals surface area contributed by atoms with Crippen molar-refractivity contribution in [2.75, 3.05) is 14.1 Å². The predicted molar refractivity (Wildman–Crippen MR) is 65.8 cm³/mol. The first-order valence-corrected chi connectivity index (χ1v) is 5.62. The average Bonchev–Trinajstić information content (AvgIpc) is 2.23. The quantitative estimate of drug-likeness (QED) is 0.876. The number of nitrogens with two attached hydrogens (primary N) is 1. The van der Waals surface area contributed by atoms with E-state index in [4.69, 9.17) is 5.73 Å². The summed E-state index contributed by atoms with van der Waals surface area (Å²) >= 11 is 0. The van der Waals surface area contributed by atoms with Gasteiger partial charge in [-0.15, -0.1) is 0 Å². The maximum Gasteiger partial charge on any atom is 0.129 e. The third-order valence-corrected chi connectivity index (χ3v) is 3.55. The van der Waals surface area contributed by atoms with Gasteiger partial charge in [0.1, 0.15) is 11.6 Å². The zero-order valence-corrected chi connectivity index (χ0v) is 10.8. The molecule has 0 aromatic heterocycles. The van der Waals surface area contributed by atoms with Crippen LogP contribution in [0.15, 0.2) is 18.2 Å². The molecule has 1 aromatic rings. The van der Waals surface area contributed by atoms with Gasteiger partial charge in [-0.05, 0) is 46.5 Å². The Morgan fingerprint density at radius 1 is 1.24 bits per heavy atom. The van der Waals surface area contributed by atoms with Crippen molar-refractivity contribution < 1.29 is 8.78 Å². The Morgan fingerprint density at radius 2 is 1.71 bits per heavy atom. The molecule has 0 saturated carbocycles. The van der Waals surface area contributed by atoms with Crippen LogP contribution in [0.3, 0.4) is 0 Å². The Kier molecular flexibility index (Phi) is 4.22. The first-order chi connectivity index (χ1) is 7.76. The Labute approximate surface area is 101 Å². The third-order valence-electron chi connectivity index (χ3n) is 3.55. The Hall–Kier alpha value is -1.00. The van der Waals surface area contributed by atoms with Gasteiger partial charge in [0.2, 0.25) is 0 Å². The molecule has 4 heteroatoms. The standard InChI is InChI=1S/C13H20F2N2/c1-13(2,17(3)4)12(16)8-9-10(14)6-5-7-11(9)15/h5-7,12H,8,16H2,1-4H3. The van der Waals surface area contributed by atoms with Gasteiger partial charge >= 0.3 is 0 Å². The molecule has 1 aromatic carbocycles. The Morgan fingerprint density at radius 3 is 2.12 bits per heavy atom. The molecule has 0 bridgehead atoms. The van der Waals surface area contributed by atoms with Crippen LogP contribution in [0, 0.1) is 11.6 Å². The van der Waals surface area contributed by atoms with Crippen molar-refractivity contribution in [3.8, 4) is 0 Å². The lowest BCUT2D eigenvalue weighted by Crippen LogP contribution is -2.54. The maximum atomic E-state index is 13.5. The fourth-order valence-electron chi connectivity index (χ4n) is 1.53. The summed E-state index contributed by atoms with van der Waals surface area (Å²) in [7, 11) is 3.80. The molecule has 0 saturated heterocycles. The van der Waals surface area contributed by atoms with E-state index in [1.54, 1.807) is 0 Å². The highest BCUT2D eigenvalue weighted by Crippen LogP contribution is 2.21. The second kappa shape index (κ2) is 5.10. The summed E-state index contributed by atoms with van der Waals surface area (Å²) in [5.74, 6) is -1.06. The minimum absolute atomic E-state index is 0.0647. The number of nitrogens with zero attached hydrogens (tertiary/aromatic N) is 1. The number of rotatable bonds is 4. The highest BCUT2D eigenvalue weighted by atomic mass is 19.1. The summed E-state index contributed by atoms with van der Waals surface area (Å²) < 4.78 is 27.0. The summed E-state index contributed by atoms with van der Waals surface area (Å²) in [5, 5.41) is 0. The molecule has 0 spiro atoms. The highest BCUT2D eigenvalue weighted by molar-refractivity contribution is 5.21. The van der Waals surface area contributed by atoms with E-state index in [-0.39, 0.29) is 23.6 Å².